The van der Waals surface area contributed by atoms with E-state index < -0.39 is 41.4 Å². The highest BCUT2D eigenvalue weighted by Crippen LogP contribution is 2.39. The van der Waals surface area contributed by atoms with E-state index in [9.17, 15) is 29.4 Å². The van der Waals surface area contributed by atoms with E-state index in [1.807, 2.05) is 88.4 Å². The van der Waals surface area contributed by atoms with Crippen LogP contribution in [-0.2, 0) is 18.9 Å². The molecular formula is C44H42BClO10. The van der Waals surface area contributed by atoms with Gasteiger partial charge in [0.25, 0.3) is 0 Å². The van der Waals surface area contributed by atoms with Gasteiger partial charge in [0.15, 0.2) is 0 Å². The minimum Gasteiger partial charge on any atom is -0.507 e. The maximum atomic E-state index is 13.0. The lowest BCUT2D eigenvalue weighted by atomic mass is 9.78. The molecule has 1 aliphatic heterocycles. The van der Waals surface area contributed by atoms with Crippen molar-refractivity contribution in [1.29, 1.82) is 0 Å². The van der Waals surface area contributed by atoms with Crippen LogP contribution in [0.15, 0.2) is 115 Å². The first-order valence-corrected chi connectivity index (χ1v) is 18.5. The van der Waals surface area contributed by atoms with Crippen molar-refractivity contribution in [3.8, 4) is 11.5 Å². The van der Waals surface area contributed by atoms with Crippen molar-refractivity contribution < 1.29 is 37.9 Å². The molecule has 1 fully saturated rings. The van der Waals surface area contributed by atoms with Crippen molar-refractivity contribution in [2.45, 2.75) is 77.4 Å². The normalized spacial score (nSPS) is 15.6. The number of ketones is 2. The number of fused-ring (bicyclic) bond motifs is 2. The molecule has 2 unspecified atom stereocenters. The summed E-state index contributed by atoms with van der Waals surface area (Å²) in [6.45, 7) is 10.8. The molecule has 0 bridgehead atoms. The van der Waals surface area contributed by atoms with Gasteiger partial charge >= 0.3 is 18.4 Å². The van der Waals surface area contributed by atoms with E-state index in [2.05, 4.69) is 0 Å². The standard InChI is InChI=1S/C25H27BO6.C19H15ClO4/c1-15(27)13-19(16-9-7-6-8-10-16)21-22(28)18-12-11-17(14-20(18)30-23(21)29)26-31-24(2,3)25(4,5)32-26;1-11(21)9-15(12-5-3-2-4-6-12)17-18(22)14-8-7-13(20)10-16(14)24-19(17)23/h6-12,14,19,28H,13H2,1-5H3;2-8,10,15,22H,9H2,1H3. The number of halogens is 1. The second-order valence-corrected chi connectivity index (χ2v) is 15.5. The predicted molar refractivity (Wildman–Crippen MR) is 216 cm³/mol. The van der Waals surface area contributed by atoms with E-state index >= 15 is 0 Å². The Kier molecular flexibility index (Phi) is 11.4. The van der Waals surface area contributed by atoms with Gasteiger partial charge in [0.1, 0.15) is 34.2 Å². The van der Waals surface area contributed by atoms with Gasteiger partial charge in [0.2, 0.25) is 0 Å². The first kappa shape index (κ1) is 40.2. The molecule has 7 rings (SSSR count). The maximum absolute atomic E-state index is 13.0. The summed E-state index contributed by atoms with van der Waals surface area (Å²) in [7, 11) is -0.619. The predicted octanol–water partition coefficient (Wildman–Crippen LogP) is 8.17. The third-order valence-electron chi connectivity index (χ3n) is 10.4. The van der Waals surface area contributed by atoms with Gasteiger partial charge in [-0.1, -0.05) is 78.3 Å². The van der Waals surface area contributed by atoms with E-state index in [0.29, 0.717) is 21.3 Å². The quantitative estimate of drug-likeness (QED) is 0.109. The number of hydrogen-bond acceptors (Lipinski definition) is 10. The average Bonchev–Trinajstić information content (AvgIpc) is 3.36. The summed E-state index contributed by atoms with van der Waals surface area (Å²) in [5, 5.41) is 22.9. The summed E-state index contributed by atoms with van der Waals surface area (Å²) in [6.07, 6.45) is 0.182. The second kappa shape index (κ2) is 15.9. The summed E-state index contributed by atoms with van der Waals surface area (Å²) < 4.78 is 23.1. The molecule has 1 saturated heterocycles. The van der Waals surface area contributed by atoms with Crippen LogP contribution in [0.5, 0.6) is 11.5 Å². The highest BCUT2D eigenvalue weighted by molar-refractivity contribution is 6.62. The Morgan fingerprint density at radius 3 is 1.48 bits per heavy atom. The van der Waals surface area contributed by atoms with Crippen molar-refractivity contribution in [2.75, 3.05) is 0 Å². The molecule has 12 heteroatoms. The monoisotopic (exact) mass is 776 g/mol. The van der Waals surface area contributed by atoms with Gasteiger partial charge in [0.05, 0.1) is 33.1 Å². The Hall–Kier alpha value is -5.49. The third kappa shape index (κ3) is 8.21. The van der Waals surface area contributed by atoms with E-state index in [4.69, 9.17) is 29.7 Å². The van der Waals surface area contributed by atoms with Crippen LogP contribution in [0, 0.1) is 0 Å². The highest BCUT2D eigenvalue weighted by atomic mass is 35.5. The number of benzene rings is 4. The van der Waals surface area contributed by atoms with Crippen LogP contribution < -0.4 is 16.7 Å². The Morgan fingerprint density at radius 1 is 0.643 bits per heavy atom. The number of hydrogen-bond donors (Lipinski definition) is 2. The van der Waals surface area contributed by atoms with Gasteiger partial charge in [-0.2, -0.15) is 0 Å². The third-order valence-corrected chi connectivity index (χ3v) is 10.7. The molecular weight excluding hydrogens is 735 g/mol. The molecule has 0 aliphatic carbocycles. The zero-order valence-corrected chi connectivity index (χ0v) is 32.7. The molecule has 0 radical (unpaired) electrons. The summed E-state index contributed by atoms with van der Waals surface area (Å²) in [5.41, 5.74) is 0.491. The van der Waals surface area contributed by atoms with E-state index in [0.717, 1.165) is 11.1 Å². The molecule has 0 amide bonds. The fourth-order valence-electron chi connectivity index (χ4n) is 6.85. The van der Waals surface area contributed by atoms with Gasteiger partial charge in [-0.15, -0.1) is 0 Å². The van der Waals surface area contributed by atoms with Gasteiger partial charge in [0, 0.05) is 35.8 Å². The lowest BCUT2D eigenvalue weighted by Crippen LogP contribution is -2.41. The Labute approximate surface area is 328 Å². The summed E-state index contributed by atoms with van der Waals surface area (Å²) in [6, 6.07) is 28.1. The van der Waals surface area contributed by atoms with Gasteiger partial charge in [-0.3, -0.25) is 9.59 Å². The lowest BCUT2D eigenvalue weighted by molar-refractivity contribution is -0.118. The molecule has 3 heterocycles. The molecule has 2 atom stereocenters. The minimum atomic E-state index is -0.670. The Bertz CT molecular complexity index is 2530. The highest BCUT2D eigenvalue weighted by Gasteiger charge is 2.51. The van der Waals surface area contributed by atoms with Crippen molar-refractivity contribution in [2.24, 2.45) is 0 Å². The molecule has 56 heavy (non-hydrogen) atoms. The summed E-state index contributed by atoms with van der Waals surface area (Å²) in [5.74, 6) is -1.69. The summed E-state index contributed by atoms with van der Waals surface area (Å²) >= 11 is 5.90. The second-order valence-electron chi connectivity index (χ2n) is 15.0. The first-order chi connectivity index (χ1) is 26.5. The topological polar surface area (TPSA) is 153 Å². The van der Waals surface area contributed by atoms with Gasteiger partial charge < -0.3 is 28.4 Å². The molecule has 288 valence electrons. The number of carbonyl (C=O) groups excluding carboxylic acids is 2. The van der Waals surface area contributed by atoms with E-state index in [1.54, 1.807) is 30.3 Å². The Balaban J connectivity index is 0.000000198. The molecule has 1 aliphatic rings. The van der Waals surface area contributed by atoms with Crippen LogP contribution in [0.1, 0.15) is 88.5 Å². The molecule has 6 aromatic rings. The van der Waals surface area contributed by atoms with Crippen LogP contribution in [0.3, 0.4) is 0 Å². The van der Waals surface area contributed by atoms with Crippen molar-refractivity contribution in [3.63, 3.8) is 0 Å². The zero-order valence-electron chi connectivity index (χ0n) is 31.9. The van der Waals surface area contributed by atoms with Crippen molar-refractivity contribution >= 4 is 57.7 Å². The lowest BCUT2D eigenvalue weighted by Gasteiger charge is -2.32. The Morgan fingerprint density at radius 2 is 1.05 bits per heavy atom. The number of carbonyl (C=O) groups is 2. The number of Topliss-reactive ketones (excluding diaryl/α,β-unsaturated/α-hetero) is 2. The van der Waals surface area contributed by atoms with Crippen LogP contribution in [0.25, 0.3) is 21.9 Å². The molecule has 10 nitrogen and oxygen atoms in total. The molecule has 0 saturated carbocycles. The molecule has 2 N–H and O–H groups in total. The zero-order chi connectivity index (χ0) is 40.5. The van der Waals surface area contributed by atoms with E-state index in [1.165, 1.54) is 19.9 Å². The first-order valence-electron chi connectivity index (χ1n) is 18.2. The minimum absolute atomic E-state index is 0.0832. The van der Waals surface area contributed by atoms with Crippen LogP contribution in [-0.4, -0.2) is 40.1 Å². The van der Waals surface area contributed by atoms with Gasteiger partial charge in [-0.05, 0) is 82.4 Å². The molecule has 2 aromatic heterocycles. The molecule has 0 spiro atoms. The van der Waals surface area contributed by atoms with Crippen molar-refractivity contribution in [3.05, 3.63) is 145 Å². The fraction of sp³-hybridized carbons (Fsp3) is 0.273. The van der Waals surface area contributed by atoms with Crippen LogP contribution in [0.4, 0.5) is 0 Å². The average molecular weight is 777 g/mol. The number of rotatable bonds is 9. The largest absolute Gasteiger partial charge is 0.507 e. The summed E-state index contributed by atoms with van der Waals surface area (Å²) in [4.78, 5) is 49.1. The van der Waals surface area contributed by atoms with Crippen LogP contribution in [0.2, 0.25) is 5.02 Å². The maximum Gasteiger partial charge on any atom is 0.494 e. The number of aromatic hydroxyl groups is 2. The van der Waals surface area contributed by atoms with Crippen molar-refractivity contribution in [1.82, 2.24) is 0 Å². The van der Waals surface area contributed by atoms with Gasteiger partial charge in [-0.25, -0.2) is 9.59 Å². The van der Waals surface area contributed by atoms with Crippen LogP contribution >= 0.6 is 11.6 Å². The SMILES string of the molecule is CC(=O)CC(c1ccccc1)c1c(O)c2ccc(B3OC(C)(C)C(C)(C)O3)cc2oc1=O.CC(=O)CC(c1ccccc1)c1c(O)c2ccc(Cl)cc2oc1=O. The fourth-order valence-corrected chi connectivity index (χ4v) is 7.01. The van der Waals surface area contributed by atoms with E-state index in [-0.39, 0.29) is 58.2 Å². The smallest absolute Gasteiger partial charge is 0.494 e. The molecule has 4 aromatic carbocycles.